The van der Waals surface area contributed by atoms with Gasteiger partial charge in [0.25, 0.3) is 0 Å². The molecular weight excluding hydrogens is 471 g/mol. The largest absolute Gasteiger partial charge is 0.493 e. The fraction of sp³-hybridized carbons (Fsp3) is 0.650. The molecule has 0 amide bonds. The number of methoxy groups -OCH3 is 3. The van der Waals surface area contributed by atoms with E-state index in [1.807, 2.05) is 19.2 Å². The first-order chi connectivity index (χ1) is 13.2. The first-order valence-corrected chi connectivity index (χ1v) is 9.60. The highest BCUT2D eigenvalue weighted by Crippen LogP contribution is 2.27. The Bertz CT molecular complexity index is 601. The van der Waals surface area contributed by atoms with E-state index >= 15 is 0 Å². The minimum Gasteiger partial charge on any atom is -0.493 e. The highest BCUT2D eigenvalue weighted by atomic mass is 127. The number of nitrogens with zero attached hydrogens (tertiary/aromatic N) is 2. The van der Waals surface area contributed by atoms with Gasteiger partial charge in [0.1, 0.15) is 0 Å². The average Bonchev–Trinajstić information content (AvgIpc) is 3.15. The highest BCUT2D eigenvalue weighted by molar-refractivity contribution is 14.0. The van der Waals surface area contributed by atoms with Crippen molar-refractivity contribution in [1.82, 2.24) is 15.5 Å². The van der Waals surface area contributed by atoms with Crippen molar-refractivity contribution >= 4 is 29.9 Å². The third kappa shape index (κ3) is 7.63. The molecule has 28 heavy (non-hydrogen) atoms. The Labute approximate surface area is 186 Å². The second-order valence-corrected chi connectivity index (χ2v) is 6.64. The Balaban J connectivity index is 0.00000392. The first-order valence-electron chi connectivity index (χ1n) is 9.60. The molecule has 7 nitrogen and oxygen atoms in total. The van der Waals surface area contributed by atoms with Crippen molar-refractivity contribution in [3.05, 3.63) is 23.8 Å². The number of halogens is 1. The molecule has 2 rings (SSSR count). The lowest BCUT2D eigenvalue weighted by atomic mass is 10.1. The smallest absolute Gasteiger partial charge is 0.191 e. The normalized spacial score (nSPS) is 17.1. The maximum atomic E-state index is 5.36. The summed E-state index contributed by atoms with van der Waals surface area (Å²) in [5.74, 6) is 2.35. The second-order valence-electron chi connectivity index (χ2n) is 6.64. The zero-order valence-corrected chi connectivity index (χ0v) is 19.8. The SMILES string of the molecule is CN=C(NCCc1ccc(OC)c(OC)c1)NCC1CCCN1CCOC.I. The zero-order chi connectivity index (χ0) is 19.5. The number of nitrogens with one attached hydrogen (secondary N) is 2. The van der Waals surface area contributed by atoms with Gasteiger partial charge in [-0.25, -0.2) is 0 Å². The number of likely N-dealkylation sites (tertiary alicyclic amines) is 1. The fourth-order valence-corrected chi connectivity index (χ4v) is 3.43. The molecular formula is C20H35IN4O3. The molecule has 0 bridgehead atoms. The summed E-state index contributed by atoms with van der Waals surface area (Å²) in [5, 5.41) is 6.85. The van der Waals surface area contributed by atoms with Crippen LogP contribution in [0.4, 0.5) is 0 Å². The number of aliphatic imine (C=N–C) groups is 1. The van der Waals surface area contributed by atoms with E-state index in [4.69, 9.17) is 14.2 Å². The molecule has 1 saturated heterocycles. The van der Waals surface area contributed by atoms with Crippen molar-refractivity contribution in [3.8, 4) is 11.5 Å². The van der Waals surface area contributed by atoms with E-state index in [9.17, 15) is 0 Å². The van der Waals surface area contributed by atoms with Crippen LogP contribution in [0.2, 0.25) is 0 Å². The van der Waals surface area contributed by atoms with E-state index in [2.05, 4.69) is 26.6 Å². The Morgan fingerprint density at radius 3 is 2.64 bits per heavy atom. The third-order valence-corrected chi connectivity index (χ3v) is 4.96. The fourth-order valence-electron chi connectivity index (χ4n) is 3.43. The van der Waals surface area contributed by atoms with E-state index in [0.717, 1.165) is 56.7 Å². The van der Waals surface area contributed by atoms with Gasteiger partial charge < -0.3 is 24.8 Å². The van der Waals surface area contributed by atoms with Crippen molar-refractivity contribution in [2.24, 2.45) is 4.99 Å². The number of rotatable bonds is 10. The number of benzene rings is 1. The molecule has 2 N–H and O–H groups in total. The summed E-state index contributed by atoms with van der Waals surface area (Å²) in [7, 11) is 6.87. The van der Waals surface area contributed by atoms with Crippen LogP contribution in [0.15, 0.2) is 23.2 Å². The third-order valence-electron chi connectivity index (χ3n) is 4.96. The molecule has 0 saturated carbocycles. The summed E-state index contributed by atoms with van der Waals surface area (Å²) in [6.07, 6.45) is 3.35. The summed E-state index contributed by atoms with van der Waals surface area (Å²) in [4.78, 5) is 6.83. The van der Waals surface area contributed by atoms with Crippen LogP contribution < -0.4 is 20.1 Å². The van der Waals surface area contributed by atoms with Gasteiger partial charge in [-0.3, -0.25) is 9.89 Å². The maximum absolute atomic E-state index is 5.36. The van der Waals surface area contributed by atoms with Crippen LogP contribution in [0.25, 0.3) is 0 Å². The van der Waals surface area contributed by atoms with E-state index in [1.165, 1.54) is 18.4 Å². The summed E-state index contributed by atoms with van der Waals surface area (Å²) in [6, 6.07) is 6.56. The van der Waals surface area contributed by atoms with Crippen molar-refractivity contribution in [1.29, 1.82) is 0 Å². The first kappa shape index (κ1) is 24.8. The molecule has 0 radical (unpaired) electrons. The molecule has 8 heteroatoms. The summed E-state index contributed by atoms with van der Waals surface area (Å²) in [6.45, 7) is 4.64. The molecule has 0 spiro atoms. The molecule has 1 fully saturated rings. The van der Waals surface area contributed by atoms with Crippen LogP contribution >= 0.6 is 24.0 Å². The molecule has 160 valence electrons. The standard InChI is InChI=1S/C20H34N4O3.HI/c1-21-20(23-15-17-6-5-11-24(17)12-13-25-2)22-10-9-16-7-8-18(26-3)19(14-16)27-4;/h7-8,14,17H,5-6,9-13,15H2,1-4H3,(H2,21,22,23);1H. The highest BCUT2D eigenvalue weighted by Gasteiger charge is 2.23. The number of guanidine groups is 1. The molecule has 1 unspecified atom stereocenters. The number of hydrogen-bond donors (Lipinski definition) is 2. The predicted molar refractivity (Wildman–Crippen MR) is 125 cm³/mol. The molecule has 1 aromatic rings. The lowest BCUT2D eigenvalue weighted by Crippen LogP contribution is -2.45. The van der Waals surface area contributed by atoms with Gasteiger partial charge >= 0.3 is 0 Å². The minimum atomic E-state index is 0. The van der Waals surface area contributed by atoms with Crippen LogP contribution in [0.1, 0.15) is 18.4 Å². The van der Waals surface area contributed by atoms with Crippen molar-refractivity contribution in [2.75, 3.05) is 61.2 Å². The van der Waals surface area contributed by atoms with Gasteiger partial charge in [-0.1, -0.05) is 6.07 Å². The van der Waals surface area contributed by atoms with Gasteiger partial charge in [-0.2, -0.15) is 0 Å². The van der Waals surface area contributed by atoms with Crippen molar-refractivity contribution < 1.29 is 14.2 Å². The van der Waals surface area contributed by atoms with Crippen molar-refractivity contribution in [2.45, 2.75) is 25.3 Å². The van der Waals surface area contributed by atoms with Crippen LogP contribution in [-0.4, -0.2) is 78.1 Å². The molecule has 0 aromatic heterocycles. The molecule has 1 aromatic carbocycles. The van der Waals surface area contributed by atoms with Gasteiger partial charge in [-0.05, 0) is 43.5 Å². The van der Waals surface area contributed by atoms with E-state index < -0.39 is 0 Å². The summed E-state index contributed by atoms with van der Waals surface area (Å²) in [5.41, 5.74) is 1.19. The Morgan fingerprint density at radius 2 is 1.96 bits per heavy atom. The minimum absolute atomic E-state index is 0. The Kier molecular flexibility index (Phi) is 12.2. The quantitative estimate of drug-likeness (QED) is 0.288. The Hall–Kier alpha value is -1.26. The van der Waals surface area contributed by atoms with Gasteiger partial charge in [-0.15, -0.1) is 24.0 Å². The predicted octanol–water partition coefficient (Wildman–Crippen LogP) is 2.14. The van der Waals surface area contributed by atoms with Gasteiger partial charge in [0.05, 0.1) is 20.8 Å². The van der Waals surface area contributed by atoms with Crippen LogP contribution in [0.5, 0.6) is 11.5 Å². The summed E-state index contributed by atoms with van der Waals surface area (Å²) >= 11 is 0. The van der Waals surface area contributed by atoms with Crippen LogP contribution in [0, 0.1) is 0 Å². The second kappa shape index (κ2) is 13.8. The van der Waals surface area contributed by atoms with E-state index in [1.54, 1.807) is 21.3 Å². The van der Waals surface area contributed by atoms with Gasteiger partial charge in [0.2, 0.25) is 0 Å². The number of ether oxygens (including phenoxy) is 3. The molecule has 1 atom stereocenters. The Morgan fingerprint density at radius 1 is 1.18 bits per heavy atom. The monoisotopic (exact) mass is 506 g/mol. The lowest BCUT2D eigenvalue weighted by molar-refractivity contribution is 0.141. The molecule has 0 aliphatic carbocycles. The molecule has 1 aliphatic rings. The van der Waals surface area contributed by atoms with E-state index in [0.29, 0.717) is 6.04 Å². The van der Waals surface area contributed by atoms with E-state index in [-0.39, 0.29) is 24.0 Å². The van der Waals surface area contributed by atoms with Crippen molar-refractivity contribution in [3.63, 3.8) is 0 Å². The number of hydrogen-bond acceptors (Lipinski definition) is 5. The topological polar surface area (TPSA) is 67.4 Å². The average molecular weight is 506 g/mol. The lowest BCUT2D eigenvalue weighted by Gasteiger charge is -2.25. The summed E-state index contributed by atoms with van der Waals surface area (Å²) < 4.78 is 15.9. The van der Waals surface area contributed by atoms with Gasteiger partial charge in [0, 0.05) is 39.8 Å². The van der Waals surface area contributed by atoms with Crippen LogP contribution in [-0.2, 0) is 11.2 Å². The zero-order valence-electron chi connectivity index (χ0n) is 17.5. The van der Waals surface area contributed by atoms with Crippen LogP contribution in [0.3, 0.4) is 0 Å². The molecule has 1 aliphatic heterocycles. The van der Waals surface area contributed by atoms with Gasteiger partial charge in [0.15, 0.2) is 17.5 Å². The molecule has 1 heterocycles. The maximum Gasteiger partial charge on any atom is 0.191 e.